The highest BCUT2D eigenvalue weighted by Gasteiger charge is 2.42. The Kier molecular flexibility index (Phi) is 7.51. The fraction of sp³-hybridized carbons (Fsp3) is 0.550. The lowest BCUT2D eigenvalue weighted by molar-refractivity contribution is -0.192. The maximum atomic E-state index is 12.6. The van der Waals surface area contributed by atoms with Gasteiger partial charge < -0.3 is 24.6 Å². The zero-order chi connectivity index (χ0) is 24.1. The molecule has 4 heterocycles. The van der Waals surface area contributed by atoms with Crippen molar-refractivity contribution in [3.05, 3.63) is 36.0 Å². The van der Waals surface area contributed by atoms with E-state index >= 15 is 0 Å². The van der Waals surface area contributed by atoms with Crippen LogP contribution in [0.3, 0.4) is 0 Å². The number of likely N-dealkylation sites (tertiary alicyclic amines) is 1. The number of carbonyl (C=O) groups excluding carboxylic acids is 1. The molecule has 0 aromatic carbocycles. The molecule has 2 N–H and O–H groups in total. The number of aromatic nitrogens is 3. The topological polar surface area (TPSA) is 131 Å². The van der Waals surface area contributed by atoms with Crippen LogP contribution in [-0.4, -0.2) is 74.5 Å². The predicted molar refractivity (Wildman–Crippen MR) is 107 cm³/mol. The van der Waals surface area contributed by atoms with Crippen LogP contribution in [-0.2, 0) is 9.53 Å². The van der Waals surface area contributed by atoms with Crippen molar-refractivity contribution in [1.29, 1.82) is 0 Å². The summed E-state index contributed by atoms with van der Waals surface area (Å²) in [4.78, 5) is 31.9. The fourth-order valence-corrected chi connectivity index (χ4v) is 3.85. The number of hydrogen-bond donors (Lipinski definition) is 2. The molecule has 2 fully saturated rings. The van der Waals surface area contributed by atoms with Crippen molar-refractivity contribution in [3.63, 3.8) is 0 Å². The largest absolute Gasteiger partial charge is 0.490 e. The smallest absolute Gasteiger partial charge is 0.475 e. The molecule has 2 aliphatic rings. The summed E-state index contributed by atoms with van der Waals surface area (Å²) in [5, 5.41) is 14.2. The van der Waals surface area contributed by atoms with Crippen LogP contribution in [0.5, 0.6) is 0 Å². The Balaban J connectivity index is 0.000000383. The predicted octanol–water partition coefficient (Wildman–Crippen LogP) is 2.67. The Morgan fingerprint density at radius 3 is 2.42 bits per heavy atom. The second-order valence-electron chi connectivity index (χ2n) is 7.83. The second kappa shape index (κ2) is 10.1. The summed E-state index contributed by atoms with van der Waals surface area (Å²) in [5.74, 6) is -1.55. The lowest BCUT2D eigenvalue weighted by atomic mass is 9.82. The van der Waals surface area contributed by atoms with Crippen LogP contribution in [0.15, 0.2) is 29.2 Å². The van der Waals surface area contributed by atoms with Gasteiger partial charge in [0, 0.05) is 38.1 Å². The molecule has 1 atom stereocenters. The number of amides is 1. The third-order valence-electron chi connectivity index (χ3n) is 5.58. The molecular weight excluding hydrogens is 447 g/mol. The molecule has 2 aromatic rings. The average molecular weight is 471 g/mol. The molecule has 2 aromatic heterocycles. The van der Waals surface area contributed by atoms with Gasteiger partial charge in [-0.2, -0.15) is 13.2 Å². The van der Waals surface area contributed by atoms with E-state index in [1.54, 1.807) is 25.4 Å². The first kappa shape index (κ1) is 24.4. The van der Waals surface area contributed by atoms with E-state index in [-0.39, 0.29) is 17.6 Å². The van der Waals surface area contributed by atoms with Crippen LogP contribution >= 0.6 is 0 Å². The monoisotopic (exact) mass is 471 g/mol. The normalized spacial score (nSPS) is 20.0. The molecule has 4 rings (SSSR count). The van der Waals surface area contributed by atoms with Crippen molar-refractivity contribution in [2.45, 2.75) is 50.4 Å². The molecule has 1 unspecified atom stereocenters. The lowest BCUT2D eigenvalue weighted by Crippen LogP contribution is -2.52. The number of nitrogens with one attached hydrogen (secondary N) is 1. The van der Waals surface area contributed by atoms with Crippen molar-refractivity contribution in [2.24, 2.45) is 0 Å². The number of carbonyl (C=O) groups is 2. The van der Waals surface area contributed by atoms with Crippen LogP contribution in [0.1, 0.15) is 41.8 Å². The number of hydrogen-bond acceptors (Lipinski definition) is 8. The summed E-state index contributed by atoms with van der Waals surface area (Å²) < 4.78 is 42.9. The SMILES string of the molecule is Cc1oncc1C(=O)N1CCC2(CC1)CC(Nc1ncccn1)CCO2.O=C(O)C(F)(F)F. The van der Waals surface area contributed by atoms with Crippen LogP contribution in [0, 0.1) is 6.92 Å². The number of rotatable bonds is 3. The van der Waals surface area contributed by atoms with E-state index in [0.29, 0.717) is 37.0 Å². The number of carboxylic acids is 1. The Labute approximate surface area is 187 Å². The van der Waals surface area contributed by atoms with E-state index in [1.165, 1.54) is 6.20 Å². The molecule has 1 spiro atoms. The summed E-state index contributed by atoms with van der Waals surface area (Å²) in [6.07, 6.45) is 3.39. The van der Waals surface area contributed by atoms with Gasteiger partial charge in [0.2, 0.25) is 5.95 Å². The van der Waals surface area contributed by atoms with Crippen LogP contribution < -0.4 is 5.32 Å². The Morgan fingerprint density at radius 2 is 1.88 bits per heavy atom. The summed E-state index contributed by atoms with van der Waals surface area (Å²) in [7, 11) is 0. The number of piperidine rings is 1. The van der Waals surface area contributed by atoms with Gasteiger partial charge in [0.05, 0.1) is 11.8 Å². The first-order valence-electron chi connectivity index (χ1n) is 10.3. The summed E-state index contributed by atoms with van der Waals surface area (Å²) in [5.41, 5.74) is 0.372. The summed E-state index contributed by atoms with van der Waals surface area (Å²) >= 11 is 0. The number of alkyl halides is 3. The van der Waals surface area contributed by atoms with Crippen molar-refractivity contribution in [1.82, 2.24) is 20.0 Å². The maximum absolute atomic E-state index is 12.6. The number of aryl methyl sites for hydroxylation is 1. The van der Waals surface area contributed by atoms with Gasteiger partial charge in [-0.05, 0) is 38.7 Å². The molecule has 180 valence electrons. The van der Waals surface area contributed by atoms with E-state index in [0.717, 1.165) is 25.7 Å². The van der Waals surface area contributed by atoms with Gasteiger partial charge in [-0.1, -0.05) is 5.16 Å². The van der Waals surface area contributed by atoms with Gasteiger partial charge in [-0.3, -0.25) is 4.79 Å². The summed E-state index contributed by atoms with van der Waals surface area (Å²) in [6, 6.07) is 2.09. The lowest BCUT2D eigenvalue weighted by Gasteiger charge is -2.46. The Morgan fingerprint density at radius 1 is 1.24 bits per heavy atom. The van der Waals surface area contributed by atoms with E-state index < -0.39 is 12.1 Å². The molecule has 2 saturated heterocycles. The molecule has 1 amide bonds. The number of halogens is 3. The number of aliphatic carboxylic acids is 1. The van der Waals surface area contributed by atoms with Gasteiger partial charge >= 0.3 is 12.1 Å². The third-order valence-corrected chi connectivity index (χ3v) is 5.58. The molecule has 0 bridgehead atoms. The molecule has 10 nitrogen and oxygen atoms in total. The van der Waals surface area contributed by atoms with Crippen molar-refractivity contribution < 1.29 is 37.1 Å². The van der Waals surface area contributed by atoms with Crippen molar-refractivity contribution >= 4 is 17.8 Å². The molecular formula is C20H24F3N5O5. The fourth-order valence-electron chi connectivity index (χ4n) is 3.85. The quantitative estimate of drug-likeness (QED) is 0.694. The van der Waals surface area contributed by atoms with Crippen LogP contribution in [0.4, 0.5) is 19.1 Å². The highest BCUT2D eigenvalue weighted by molar-refractivity contribution is 5.94. The summed E-state index contributed by atoms with van der Waals surface area (Å²) in [6.45, 7) is 3.83. The standard InChI is InChI=1S/C18H23N5O3.C2HF3O2/c1-13-15(12-21-26-13)16(24)23-8-4-18(5-9-23)11-14(3-10-25-18)22-17-19-6-2-7-20-17;3-2(4,5)1(6)7/h2,6-7,12,14H,3-5,8-11H2,1H3,(H,19,20,22);(H,6,7). The average Bonchev–Trinajstić information content (AvgIpc) is 3.20. The molecule has 0 radical (unpaired) electrons. The molecule has 13 heteroatoms. The first-order valence-corrected chi connectivity index (χ1v) is 10.3. The minimum Gasteiger partial charge on any atom is -0.475 e. The molecule has 2 aliphatic heterocycles. The van der Waals surface area contributed by atoms with E-state index in [1.807, 2.05) is 4.90 Å². The zero-order valence-corrected chi connectivity index (χ0v) is 17.8. The molecule has 33 heavy (non-hydrogen) atoms. The van der Waals surface area contributed by atoms with E-state index in [4.69, 9.17) is 19.2 Å². The number of nitrogens with zero attached hydrogens (tertiary/aromatic N) is 4. The van der Waals surface area contributed by atoms with Gasteiger partial charge in [-0.15, -0.1) is 0 Å². The van der Waals surface area contributed by atoms with E-state index in [9.17, 15) is 18.0 Å². The third kappa shape index (κ3) is 6.40. The van der Waals surface area contributed by atoms with Crippen LogP contribution in [0.2, 0.25) is 0 Å². The second-order valence-corrected chi connectivity index (χ2v) is 7.83. The maximum Gasteiger partial charge on any atom is 0.490 e. The van der Waals surface area contributed by atoms with Gasteiger partial charge in [0.25, 0.3) is 5.91 Å². The van der Waals surface area contributed by atoms with Crippen molar-refractivity contribution in [2.75, 3.05) is 25.0 Å². The number of carboxylic acid groups (broad SMARTS) is 1. The molecule has 0 aliphatic carbocycles. The number of ether oxygens (including phenoxy) is 1. The Hall–Kier alpha value is -3.22. The zero-order valence-electron chi connectivity index (χ0n) is 17.8. The van der Waals surface area contributed by atoms with Gasteiger partial charge in [-0.25, -0.2) is 14.8 Å². The van der Waals surface area contributed by atoms with Crippen LogP contribution in [0.25, 0.3) is 0 Å². The Bertz CT molecular complexity index is 945. The number of anilines is 1. The first-order chi connectivity index (χ1) is 15.6. The van der Waals surface area contributed by atoms with Crippen molar-refractivity contribution in [3.8, 4) is 0 Å². The van der Waals surface area contributed by atoms with Gasteiger partial charge in [0.15, 0.2) is 0 Å². The minimum absolute atomic E-state index is 0.0123. The van der Waals surface area contributed by atoms with Gasteiger partial charge in [0.1, 0.15) is 11.3 Å². The minimum atomic E-state index is -5.08. The highest BCUT2D eigenvalue weighted by Crippen LogP contribution is 2.36. The van der Waals surface area contributed by atoms with E-state index in [2.05, 4.69) is 20.4 Å². The highest BCUT2D eigenvalue weighted by atomic mass is 19.4. The molecule has 0 saturated carbocycles.